The molecule has 1 atom stereocenters. The molecule has 50 valence electrons. The van der Waals surface area contributed by atoms with Gasteiger partial charge in [-0.15, -0.1) is 9.24 Å². The van der Waals surface area contributed by atoms with E-state index in [1.165, 1.54) is 12.8 Å². The smallest absolute Gasteiger partial charge is 0.0894 e. The van der Waals surface area contributed by atoms with E-state index in [0.717, 1.165) is 19.0 Å². The summed E-state index contributed by atoms with van der Waals surface area (Å²) in [6, 6.07) is 0. The third kappa shape index (κ3) is 6.36. The van der Waals surface area contributed by atoms with Gasteiger partial charge >= 0.3 is 0 Å². The number of unbranched alkanes of at least 4 members (excludes halogenated alkanes) is 3. The van der Waals surface area contributed by atoms with Gasteiger partial charge in [-0.3, -0.25) is 4.39 Å². The quantitative estimate of drug-likeness (QED) is 0.402. The maximum absolute atomic E-state index is 11.4. The number of hydrogen-bond donors (Lipinski definition) is 0. The molecule has 0 spiro atoms. The van der Waals surface area contributed by atoms with Crippen molar-refractivity contribution in [1.82, 2.24) is 0 Å². The molecule has 1 unspecified atom stereocenters. The maximum Gasteiger partial charge on any atom is 0.0894 e. The van der Waals surface area contributed by atoms with Crippen LogP contribution in [0.5, 0.6) is 0 Å². The molecule has 8 heavy (non-hydrogen) atoms. The Labute approximate surface area is 53.1 Å². The fraction of sp³-hybridized carbons (Fsp3) is 1.00. The van der Waals surface area contributed by atoms with Crippen LogP contribution in [0.1, 0.15) is 25.7 Å². The summed E-state index contributed by atoms with van der Waals surface area (Å²) in [4.78, 5) is 0. The summed E-state index contributed by atoms with van der Waals surface area (Å²) in [6.45, 7) is -0.142. The average molecular weight is 136 g/mol. The third-order valence-corrected chi connectivity index (χ3v) is 1.50. The lowest BCUT2D eigenvalue weighted by Crippen LogP contribution is -1.79. The minimum Gasteiger partial charge on any atom is -0.251 e. The first-order chi connectivity index (χ1) is 3.91. The summed E-state index contributed by atoms with van der Waals surface area (Å²) in [5.41, 5.74) is 0. The highest BCUT2D eigenvalue weighted by atomic mass is 31.0. The Balaban J connectivity index is 2.53. The monoisotopic (exact) mass is 136 g/mol. The summed E-state index contributed by atoms with van der Waals surface area (Å²) in [5, 5.41) is 0. The van der Waals surface area contributed by atoms with Crippen LogP contribution in [0.3, 0.4) is 0 Å². The maximum atomic E-state index is 11.4. The van der Waals surface area contributed by atoms with Crippen LogP contribution < -0.4 is 0 Å². The molecular formula is C6H14FP. The minimum absolute atomic E-state index is 0.142. The van der Waals surface area contributed by atoms with Crippen LogP contribution in [0.25, 0.3) is 0 Å². The summed E-state index contributed by atoms with van der Waals surface area (Å²) < 4.78 is 11.4. The Morgan fingerprint density at radius 3 is 2.12 bits per heavy atom. The lowest BCUT2D eigenvalue weighted by Gasteiger charge is -1.92. The zero-order valence-corrected chi connectivity index (χ0v) is 6.35. The Hall–Kier alpha value is 0.360. The standard InChI is InChI=1S/C6H14FP/c7-5-3-1-2-4-6-8/h1-6,8H2. The highest BCUT2D eigenvalue weighted by Gasteiger charge is 1.85. The third-order valence-electron chi connectivity index (χ3n) is 1.09. The first kappa shape index (κ1) is 8.36. The van der Waals surface area contributed by atoms with Crippen molar-refractivity contribution in [1.29, 1.82) is 0 Å². The molecule has 0 saturated carbocycles. The van der Waals surface area contributed by atoms with E-state index in [1.807, 2.05) is 0 Å². The zero-order chi connectivity index (χ0) is 6.24. The molecule has 0 bridgehead atoms. The lowest BCUT2D eigenvalue weighted by atomic mass is 10.2. The summed E-state index contributed by atoms with van der Waals surface area (Å²) >= 11 is 0. The molecule has 0 rings (SSSR count). The van der Waals surface area contributed by atoms with Gasteiger partial charge in [0.25, 0.3) is 0 Å². The predicted molar refractivity (Wildman–Crippen MR) is 39.0 cm³/mol. The Kier molecular flexibility index (Phi) is 7.69. The van der Waals surface area contributed by atoms with Crippen LogP contribution in [0.4, 0.5) is 4.39 Å². The minimum atomic E-state index is -0.142. The highest BCUT2D eigenvalue weighted by molar-refractivity contribution is 7.16. The van der Waals surface area contributed by atoms with Crippen molar-refractivity contribution in [3.63, 3.8) is 0 Å². The van der Waals surface area contributed by atoms with Crippen molar-refractivity contribution in [2.45, 2.75) is 25.7 Å². The average Bonchev–Trinajstić information content (AvgIpc) is 1.81. The second-order valence-electron chi connectivity index (χ2n) is 1.89. The first-order valence-electron chi connectivity index (χ1n) is 3.18. The number of halogens is 1. The van der Waals surface area contributed by atoms with Gasteiger partial charge in [-0.25, -0.2) is 0 Å². The summed E-state index contributed by atoms with van der Waals surface area (Å²) in [5.74, 6) is 0. The van der Waals surface area contributed by atoms with Crippen molar-refractivity contribution >= 4 is 9.24 Å². The largest absolute Gasteiger partial charge is 0.251 e. The van der Waals surface area contributed by atoms with Crippen molar-refractivity contribution in [2.24, 2.45) is 0 Å². The molecule has 0 aromatic carbocycles. The van der Waals surface area contributed by atoms with E-state index in [9.17, 15) is 4.39 Å². The Morgan fingerprint density at radius 1 is 1.00 bits per heavy atom. The molecular weight excluding hydrogens is 122 g/mol. The molecule has 0 nitrogen and oxygen atoms in total. The van der Waals surface area contributed by atoms with Gasteiger partial charge in [0.2, 0.25) is 0 Å². The van der Waals surface area contributed by atoms with E-state index in [4.69, 9.17) is 0 Å². The SMILES string of the molecule is FCCCCCCP. The van der Waals surface area contributed by atoms with E-state index in [2.05, 4.69) is 9.24 Å². The van der Waals surface area contributed by atoms with Crippen molar-refractivity contribution in [3.05, 3.63) is 0 Å². The molecule has 0 aromatic rings. The second kappa shape index (κ2) is 7.36. The van der Waals surface area contributed by atoms with Gasteiger partial charge in [0.15, 0.2) is 0 Å². The molecule has 0 aromatic heterocycles. The molecule has 0 aliphatic rings. The molecule has 0 aliphatic heterocycles. The highest BCUT2D eigenvalue weighted by Crippen LogP contribution is 2.01. The number of rotatable bonds is 5. The molecule has 0 saturated heterocycles. The molecule has 2 heteroatoms. The first-order valence-corrected chi connectivity index (χ1v) is 3.99. The number of hydrogen-bond acceptors (Lipinski definition) is 0. The normalized spacial score (nSPS) is 9.75. The molecule has 0 heterocycles. The van der Waals surface area contributed by atoms with Crippen LogP contribution in [-0.4, -0.2) is 12.8 Å². The number of alkyl halides is 1. The molecule has 0 radical (unpaired) electrons. The van der Waals surface area contributed by atoms with Gasteiger partial charge in [-0.2, -0.15) is 0 Å². The van der Waals surface area contributed by atoms with Crippen LogP contribution in [0, 0.1) is 0 Å². The van der Waals surface area contributed by atoms with Gasteiger partial charge in [0.05, 0.1) is 6.67 Å². The van der Waals surface area contributed by atoms with Crippen LogP contribution in [-0.2, 0) is 0 Å². The van der Waals surface area contributed by atoms with Gasteiger partial charge in [0, 0.05) is 0 Å². The van der Waals surface area contributed by atoms with E-state index in [-0.39, 0.29) is 6.67 Å². The van der Waals surface area contributed by atoms with Crippen LogP contribution >= 0.6 is 9.24 Å². The zero-order valence-electron chi connectivity index (χ0n) is 5.20. The van der Waals surface area contributed by atoms with Crippen LogP contribution in [0.2, 0.25) is 0 Å². The predicted octanol–water partition coefficient (Wildman–Crippen LogP) is 2.39. The van der Waals surface area contributed by atoms with E-state index < -0.39 is 0 Å². The van der Waals surface area contributed by atoms with Gasteiger partial charge in [0.1, 0.15) is 0 Å². The van der Waals surface area contributed by atoms with E-state index in [0.29, 0.717) is 0 Å². The topological polar surface area (TPSA) is 0 Å². The van der Waals surface area contributed by atoms with Crippen molar-refractivity contribution < 1.29 is 4.39 Å². The fourth-order valence-corrected chi connectivity index (χ4v) is 0.881. The molecule has 0 aliphatic carbocycles. The second-order valence-corrected chi connectivity index (χ2v) is 2.47. The summed E-state index contributed by atoms with van der Waals surface area (Å²) in [6.07, 6.45) is 5.39. The Bertz CT molecular complexity index is 33.5. The van der Waals surface area contributed by atoms with E-state index >= 15 is 0 Å². The molecule has 0 fully saturated rings. The fourth-order valence-electron chi connectivity index (χ4n) is 0.592. The van der Waals surface area contributed by atoms with Crippen molar-refractivity contribution in [3.8, 4) is 0 Å². The van der Waals surface area contributed by atoms with Crippen LogP contribution in [0.15, 0.2) is 0 Å². The van der Waals surface area contributed by atoms with Crippen molar-refractivity contribution in [2.75, 3.05) is 12.8 Å². The van der Waals surface area contributed by atoms with Gasteiger partial charge in [-0.05, 0) is 19.0 Å². The Morgan fingerprint density at radius 2 is 1.62 bits per heavy atom. The molecule has 0 amide bonds. The van der Waals surface area contributed by atoms with Gasteiger partial charge in [-0.1, -0.05) is 12.8 Å². The van der Waals surface area contributed by atoms with Gasteiger partial charge < -0.3 is 0 Å². The van der Waals surface area contributed by atoms with E-state index in [1.54, 1.807) is 0 Å². The lowest BCUT2D eigenvalue weighted by molar-refractivity contribution is 0.455. The summed E-state index contributed by atoms with van der Waals surface area (Å²) in [7, 11) is 2.67. The molecule has 0 N–H and O–H groups in total.